The number of hydrogen-bond acceptors (Lipinski definition) is 1. The first-order valence-corrected chi connectivity index (χ1v) is 9.41. The Morgan fingerprint density at radius 2 is 1.59 bits per heavy atom. The van der Waals surface area contributed by atoms with Crippen LogP contribution >= 0.6 is 15.9 Å². The van der Waals surface area contributed by atoms with Gasteiger partial charge in [0.25, 0.3) is 0 Å². The Bertz CT molecular complexity index is 530. The molecule has 0 aromatic heterocycles. The van der Waals surface area contributed by atoms with Crippen LogP contribution in [0.2, 0.25) is 0 Å². The van der Waals surface area contributed by atoms with Gasteiger partial charge in [0, 0.05) is 11.0 Å². The van der Waals surface area contributed by atoms with Crippen LogP contribution in [0.4, 0.5) is 0 Å². The fraction of sp³-hybridized carbons (Fsp3) is 0.632. The van der Waals surface area contributed by atoms with E-state index in [1.165, 1.54) is 38.5 Å². The van der Waals surface area contributed by atoms with Crippen LogP contribution in [0.5, 0.6) is 0 Å². The largest absolute Gasteiger partial charge is 0.355 e. The van der Waals surface area contributed by atoms with Crippen molar-refractivity contribution in [1.29, 1.82) is 0 Å². The molecule has 0 saturated heterocycles. The van der Waals surface area contributed by atoms with Crippen molar-refractivity contribution in [2.75, 3.05) is 6.54 Å². The summed E-state index contributed by atoms with van der Waals surface area (Å²) < 4.78 is 1.06. The summed E-state index contributed by atoms with van der Waals surface area (Å²) >= 11 is 3.43. The number of nitrogens with one attached hydrogen (secondary N) is 1. The monoisotopic (exact) mass is 361 g/mol. The first-order chi connectivity index (χ1) is 10.6. The summed E-state index contributed by atoms with van der Waals surface area (Å²) in [6.45, 7) is 0.909. The summed E-state index contributed by atoms with van der Waals surface area (Å²) in [5.41, 5.74) is 1.52. The highest BCUT2D eigenvalue weighted by atomic mass is 79.9. The van der Waals surface area contributed by atoms with Gasteiger partial charge in [-0.05, 0) is 79.4 Å². The normalized spacial score (nSPS) is 35.6. The van der Waals surface area contributed by atoms with Gasteiger partial charge in [-0.15, -0.1) is 0 Å². The Labute approximate surface area is 141 Å². The van der Waals surface area contributed by atoms with Gasteiger partial charge in [-0.3, -0.25) is 4.79 Å². The fourth-order valence-electron chi connectivity index (χ4n) is 5.64. The van der Waals surface area contributed by atoms with Crippen LogP contribution in [0.1, 0.15) is 44.1 Å². The third kappa shape index (κ3) is 2.97. The van der Waals surface area contributed by atoms with E-state index in [-0.39, 0.29) is 5.91 Å². The molecular weight excluding hydrogens is 338 g/mol. The van der Waals surface area contributed by atoms with Gasteiger partial charge in [0.15, 0.2) is 0 Å². The van der Waals surface area contributed by atoms with Crippen LogP contribution in [-0.2, 0) is 11.2 Å². The summed E-state index contributed by atoms with van der Waals surface area (Å²) in [5.74, 6) is 3.04. The Morgan fingerprint density at radius 1 is 1.05 bits per heavy atom. The number of amides is 1. The summed E-state index contributed by atoms with van der Waals surface area (Å²) in [6.07, 6.45) is 8.97. The lowest BCUT2D eigenvalue weighted by Crippen LogP contribution is -2.51. The molecule has 0 radical (unpaired) electrons. The second-order valence-electron chi connectivity index (χ2n) is 8.00. The highest BCUT2D eigenvalue weighted by Gasteiger charge is 2.50. The van der Waals surface area contributed by atoms with E-state index in [2.05, 4.69) is 21.2 Å². The maximum absolute atomic E-state index is 12.3. The van der Waals surface area contributed by atoms with Gasteiger partial charge < -0.3 is 5.32 Å². The van der Waals surface area contributed by atoms with E-state index in [0.717, 1.165) is 34.3 Å². The molecule has 5 rings (SSSR count). The zero-order chi connectivity index (χ0) is 15.2. The van der Waals surface area contributed by atoms with E-state index >= 15 is 0 Å². The summed E-state index contributed by atoms with van der Waals surface area (Å²) in [4.78, 5) is 12.3. The molecule has 4 fully saturated rings. The number of carbonyl (C=O) groups is 1. The van der Waals surface area contributed by atoms with E-state index in [1.807, 2.05) is 24.3 Å². The third-order valence-corrected chi connectivity index (χ3v) is 6.63. The predicted molar refractivity (Wildman–Crippen MR) is 91.5 cm³/mol. The molecule has 4 saturated carbocycles. The SMILES string of the molecule is O=C(Cc1ccc(Br)cc1)NCC12CC3CC(CC(C3)C1)C2. The van der Waals surface area contributed by atoms with Gasteiger partial charge in [-0.25, -0.2) is 0 Å². The van der Waals surface area contributed by atoms with Crippen molar-refractivity contribution in [3.8, 4) is 0 Å². The molecule has 118 valence electrons. The van der Waals surface area contributed by atoms with Gasteiger partial charge >= 0.3 is 0 Å². The van der Waals surface area contributed by atoms with E-state index in [1.54, 1.807) is 0 Å². The molecule has 4 aliphatic carbocycles. The molecule has 2 nitrogen and oxygen atoms in total. The molecule has 0 unspecified atom stereocenters. The zero-order valence-corrected chi connectivity index (χ0v) is 14.6. The van der Waals surface area contributed by atoms with E-state index in [0.29, 0.717) is 11.8 Å². The van der Waals surface area contributed by atoms with E-state index in [9.17, 15) is 4.79 Å². The molecule has 3 heteroatoms. The van der Waals surface area contributed by atoms with E-state index in [4.69, 9.17) is 0 Å². The van der Waals surface area contributed by atoms with Crippen molar-refractivity contribution in [1.82, 2.24) is 5.32 Å². The van der Waals surface area contributed by atoms with Crippen LogP contribution in [0.15, 0.2) is 28.7 Å². The van der Waals surface area contributed by atoms with Crippen molar-refractivity contribution < 1.29 is 4.79 Å². The van der Waals surface area contributed by atoms with Crippen molar-refractivity contribution in [2.45, 2.75) is 44.9 Å². The molecule has 0 heterocycles. The lowest BCUT2D eigenvalue weighted by Gasteiger charge is -2.56. The first-order valence-electron chi connectivity index (χ1n) is 8.61. The Kier molecular flexibility index (Phi) is 3.80. The topological polar surface area (TPSA) is 29.1 Å². The average Bonchev–Trinajstić information content (AvgIpc) is 2.46. The smallest absolute Gasteiger partial charge is 0.224 e. The van der Waals surface area contributed by atoms with Crippen molar-refractivity contribution >= 4 is 21.8 Å². The highest BCUT2D eigenvalue weighted by molar-refractivity contribution is 9.10. The Hall–Kier alpha value is -0.830. The Morgan fingerprint density at radius 3 is 2.14 bits per heavy atom. The van der Waals surface area contributed by atoms with Gasteiger partial charge in [-0.1, -0.05) is 28.1 Å². The molecule has 1 aromatic rings. The van der Waals surface area contributed by atoms with Crippen LogP contribution in [-0.4, -0.2) is 12.5 Å². The summed E-state index contributed by atoms with van der Waals surface area (Å²) in [7, 11) is 0. The maximum Gasteiger partial charge on any atom is 0.224 e. The molecule has 1 aromatic carbocycles. The summed E-state index contributed by atoms with van der Waals surface area (Å²) in [6, 6.07) is 8.05. The minimum absolute atomic E-state index is 0.179. The van der Waals surface area contributed by atoms with Crippen LogP contribution in [0, 0.1) is 23.2 Å². The fourth-order valence-corrected chi connectivity index (χ4v) is 5.91. The first kappa shape index (κ1) is 14.7. The van der Waals surface area contributed by atoms with Crippen molar-refractivity contribution in [3.63, 3.8) is 0 Å². The molecule has 0 atom stereocenters. The number of hydrogen-bond donors (Lipinski definition) is 1. The molecule has 0 spiro atoms. The van der Waals surface area contributed by atoms with Crippen molar-refractivity contribution in [3.05, 3.63) is 34.3 Å². The number of halogens is 1. The zero-order valence-electron chi connectivity index (χ0n) is 13.0. The van der Waals surface area contributed by atoms with E-state index < -0.39 is 0 Å². The molecule has 4 aliphatic rings. The van der Waals surface area contributed by atoms with Crippen LogP contribution < -0.4 is 5.32 Å². The van der Waals surface area contributed by atoms with Gasteiger partial charge in [0.1, 0.15) is 0 Å². The van der Waals surface area contributed by atoms with Crippen LogP contribution in [0.3, 0.4) is 0 Å². The lowest BCUT2D eigenvalue weighted by atomic mass is 9.49. The third-order valence-electron chi connectivity index (χ3n) is 6.10. The Balaban J connectivity index is 1.34. The second-order valence-corrected chi connectivity index (χ2v) is 8.91. The lowest BCUT2D eigenvalue weighted by molar-refractivity contribution is -0.122. The second kappa shape index (κ2) is 5.67. The minimum Gasteiger partial charge on any atom is -0.355 e. The number of benzene rings is 1. The van der Waals surface area contributed by atoms with Crippen LogP contribution in [0.25, 0.3) is 0 Å². The number of carbonyl (C=O) groups excluding carboxylic acids is 1. The van der Waals surface area contributed by atoms with Gasteiger partial charge in [0.05, 0.1) is 6.42 Å². The molecule has 1 amide bonds. The molecular formula is C19H24BrNO. The maximum atomic E-state index is 12.3. The van der Waals surface area contributed by atoms with Crippen molar-refractivity contribution in [2.24, 2.45) is 23.2 Å². The van der Waals surface area contributed by atoms with Gasteiger partial charge in [-0.2, -0.15) is 0 Å². The average molecular weight is 362 g/mol. The molecule has 1 N–H and O–H groups in total. The molecule has 22 heavy (non-hydrogen) atoms. The molecule has 4 bridgehead atoms. The quantitative estimate of drug-likeness (QED) is 0.849. The number of rotatable bonds is 4. The predicted octanol–water partition coefficient (Wildman–Crippen LogP) is 4.32. The standard InChI is InChI=1S/C19H24BrNO/c20-17-3-1-13(2-4-17)8-18(22)21-12-19-9-14-5-15(10-19)7-16(6-14)11-19/h1-4,14-16H,5-12H2,(H,21,22). The minimum atomic E-state index is 0.179. The summed E-state index contributed by atoms with van der Waals surface area (Å²) in [5, 5.41) is 3.25. The molecule has 0 aliphatic heterocycles. The highest BCUT2D eigenvalue weighted by Crippen LogP contribution is 2.59. The van der Waals surface area contributed by atoms with Gasteiger partial charge in [0.2, 0.25) is 5.91 Å².